The van der Waals surface area contributed by atoms with Crippen molar-refractivity contribution in [2.45, 2.75) is 31.3 Å². The molecule has 2 aromatic rings. The summed E-state index contributed by atoms with van der Waals surface area (Å²) in [6.07, 6.45) is 3.23. The van der Waals surface area contributed by atoms with Crippen LogP contribution in [0.15, 0.2) is 28.0 Å². The molecule has 0 radical (unpaired) electrons. The lowest BCUT2D eigenvalue weighted by molar-refractivity contribution is 0.574. The number of hydrogen-bond donors (Lipinski definition) is 3. The minimum atomic E-state index is -3.54. The number of aromatic nitrogens is 2. The molecular formula is C13H20N4O2S2. The molecule has 0 fully saturated rings. The predicted octanol–water partition coefficient (Wildman–Crippen LogP) is 1.49. The van der Waals surface area contributed by atoms with Crippen molar-refractivity contribution in [2.75, 3.05) is 13.1 Å². The second-order valence-corrected chi connectivity index (χ2v) is 7.16. The van der Waals surface area contributed by atoms with E-state index in [-0.39, 0.29) is 5.03 Å². The molecule has 116 valence electrons. The first kappa shape index (κ1) is 16.2. The molecule has 0 aromatic carbocycles. The van der Waals surface area contributed by atoms with E-state index in [1.54, 1.807) is 17.5 Å². The number of nitrogens with one attached hydrogen (secondary N) is 3. The normalized spacial score (nSPS) is 11.9. The molecule has 2 heterocycles. The minimum Gasteiger partial charge on any atom is -0.313 e. The maximum atomic E-state index is 12.3. The molecule has 6 nitrogen and oxygen atoms in total. The number of H-pyrrole nitrogens is 1. The second kappa shape index (κ2) is 7.69. The fourth-order valence-electron chi connectivity index (χ4n) is 1.89. The van der Waals surface area contributed by atoms with Gasteiger partial charge in [-0.3, -0.25) is 5.10 Å². The van der Waals surface area contributed by atoms with E-state index in [9.17, 15) is 8.42 Å². The van der Waals surface area contributed by atoms with Gasteiger partial charge in [-0.05, 0) is 41.8 Å². The Kier molecular flexibility index (Phi) is 5.92. The highest BCUT2D eigenvalue weighted by atomic mass is 32.2. The van der Waals surface area contributed by atoms with Crippen LogP contribution in [-0.4, -0.2) is 31.7 Å². The van der Waals surface area contributed by atoms with Gasteiger partial charge in [-0.15, -0.1) is 0 Å². The van der Waals surface area contributed by atoms with Crippen LogP contribution in [0.3, 0.4) is 0 Å². The Labute approximate surface area is 129 Å². The summed E-state index contributed by atoms with van der Waals surface area (Å²) < 4.78 is 27.1. The summed E-state index contributed by atoms with van der Waals surface area (Å²) in [4.78, 5) is 0. The molecule has 0 aliphatic heterocycles. The van der Waals surface area contributed by atoms with Gasteiger partial charge in [0.05, 0.1) is 6.20 Å². The molecule has 0 aliphatic rings. The summed E-state index contributed by atoms with van der Waals surface area (Å²) in [6, 6.07) is 2.00. The highest BCUT2D eigenvalue weighted by Crippen LogP contribution is 2.12. The molecule has 0 aliphatic carbocycles. The van der Waals surface area contributed by atoms with Gasteiger partial charge in [0.2, 0.25) is 0 Å². The van der Waals surface area contributed by atoms with Gasteiger partial charge in [0.15, 0.2) is 5.03 Å². The van der Waals surface area contributed by atoms with E-state index in [4.69, 9.17) is 0 Å². The van der Waals surface area contributed by atoms with Crippen LogP contribution < -0.4 is 10.0 Å². The van der Waals surface area contributed by atoms with Gasteiger partial charge >= 0.3 is 0 Å². The van der Waals surface area contributed by atoms with Crippen molar-refractivity contribution >= 4 is 21.4 Å². The minimum absolute atomic E-state index is 0.149. The predicted molar refractivity (Wildman–Crippen MR) is 83.8 cm³/mol. The van der Waals surface area contributed by atoms with Crippen molar-refractivity contribution in [3.8, 4) is 0 Å². The molecule has 0 unspecified atom stereocenters. The molecule has 0 bridgehead atoms. The fourth-order valence-corrected chi connectivity index (χ4v) is 3.76. The topological polar surface area (TPSA) is 86.9 Å². The van der Waals surface area contributed by atoms with E-state index < -0.39 is 10.0 Å². The zero-order chi connectivity index (χ0) is 15.1. The fraction of sp³-hybridized carbons (Fsp3) is 0.462. The molecule has 21 heavy (non-hydrogen) atoms. The lowest BCUT2D eigenvalue weighted by Crippen LogP contribution is -2.27. The molecule has 0 saturated carbocycles. The average molecular weight is 328 g/mol. The smallest absolute Gasteiger partial charge is 0.257 e. The van der Waals surface area contributed by atoms with E-state index >= 15 is 0 Å². The summed E-state index contributed by atoms with van der Waals surface area (Å²) in [5.74, 6) is 0. The quantitative estimate of drug-likeness (QED) is 0.609. The largest absolute Gasteiger partial charge is 0.313 e. The molecule has 8 heteroatoms. The third-order valence-electron chi connectivity index (χ3n) is 2.97. The van der Waals surface area contributed by atoms with Gasteiger partial charge in [0, 0.05) is 18.7 Å². The molecule has 0 spiro atoms. The van der Waals surface area contributed by atoms with E-state index in [1.165, 1.54) is 0 Å². The van der Waals surface area contributed by atoms with Gasteiger partial charge in [0.1, 0.15) is 0 Å². The van der Waals surface area contributed by atoms with E-state index in [0.717, 1.165) is 18.5 Å². The Morgan fingerprint density at radius 1 is 1.38 bits per heavy atom. The molecule has 0 amide bonds. The van der Waals surface area contributed by atoms with Gasteiger partial charge in [-0.1, -0.05) is 6.92 Å². The van der Waals surface area contributed by atoms with Crippen LogP contribution in [0.2, 0.25) is 0 Å². The van der Waals surface area contributed by atoms with Crippen LogP contribution in [-0.2, 0) is 23.0 Å². The highest BCUT2D eigenvalue weighted by molar-refractivity contribution is 7.89. The number of thiophene rings is 1. The van der Waals surface area contributed by atoms with Crippen LogP contribution in [0.1, 0.15) is 24.5 Å². The average Bonchev–Trinajstić information content (AvgIpc) is 3.10. The van der Waals surface area contributed by atoms with Crippen molar-refractivity contribution in [1.29, 1.82) is 0 Å². The van der Waals surface area contributed by atoms with Gasteiger partial charge < -0.3 is 5.32 Å². The maximum absolute atomic E-state index is 12.3. The van der Waals surface area contributed by atoms with E-state index in [1.807, 2.05) is 16.8 Å². The molecule has 2 aromatic heterocycles. The Balaban J connectivity index is 1.94. The van der Waals surface area contributed by atoms with Crippen molar-refractivity contribution in [3.63, 3.8) is 0 Å². The van der Waals surface area contributed by atoms with Crippen molar-refractivity contribution < 1.29 is 8.42 Å². The first-order valence-corrected chi connectivity index (χ1v) is 9.29. The monoisotopic (exact) mass is 328 g/mol. The van der Waals surface area contributed by atoms with Crippen LogP contribution in [0, 0.1) is 0 Å². The number of hydrogen-bond acceptors (Lipinski definition) is 5. The highest BCUT2D eigenvalue weighted by Gasteiger charge is 2.20. The summed E-state index contributed by atoms with van der Waals surface area (Å²) in [5.41, 5.74) is 1.80. The molecule has 2 rings (SSSR count). The number of aromatic amines is 1. The first-order valence-electron chi connectivity index (χ1n) is 6.87. The summed E-state index contributed by atoms with van der Waals surface area (Å²) in [5, 5.41) is 13.7. The Bertz CT molecular complexity index is 635. The van der Waals surface area contributed by atoms with Crippen molar-refractivity contribution in [2.24, 2.45) is 0 Å². The lowest BCUT2D eigenvalue weighted by atomic mass is 10.2. The molecular weight excluding hydrogens is 308 g/mol. The third kappa shape index (κ3) is 4.63. The third-order valence-corrected chi connectivity index (χ3v) is 5.18. The van der Waals surface area contributed by atoms with E-state index in [2.05, 4.69) is 27.2 Å². The SMILES string of the molecule is CCCNCc1cn[nH]c1S(=O)(=O)NCCc1ccsc1. The summed E-state index contributed by atoms with van der Waals surface area (Å²) in [7, 11) is -3.54. The van der Waals surface area contributed by atoms with Crippen LogP contribution in [0.5, 0.6) is 0 Å². The number of sulfonamides is 1. The lowest BCUT2D eigenvalue weighted by Gasteiger charge is -2.07. The van der Waals surface area contributed by atoms with Gasteiger partial charge in [-0.2, -0.15) is 16.4 Å². The Hall–Kier alpha value is -1.22. The van der Waals surface area contributed by atoms with Crippen LogP contribution in [0.4, 0.5) is 0 Å². The molecule has 0 saturated heterocycles. The van der Waals surface area contributed by atoms with Crippen LogP contribution in [0.25, 0.3) is 0 Å². The molecule has 3 N–H and O–H groups in total. The zero-order valence-electron chi connectivity index (χ0n) is 11.9. The standard InChI is InChI=1S/C13H20N4O2S2/c1-2-5-14-8-12-9-15-17-13(12)21(18,19)16-6-3-11-4-7-20-10-11/h4,7,9-10,14,16H,2-3,5-6,8H2,1H3,(H,15,17). The number of rotatable bonds is 9. The molecule has 0 atom stereocenters. The summed E-state index contributed by atoms with van der Waals surface area (Å²) in [6.45, 7) is 3.77. The van der Waals surface area contributed by atoms with Crippen LogP contribution >= 0.6 is 11.3 Å². The van der Waals surface area contributed by atoms with Crippen molar-refractivity contribution in [3.05, 3.63) is 34.2 Å². The zero-order valence-corrected chi connectivity index (χ0v) is 13.6. The van der Waals surface area contributed by atoms with Gasteiger partial charge in [-0.25, -0.2) is 13.1 Å². The maximum Gasteiger partial charge on any atom is 0.257 e. The van der Waals surface area contributed by atoms with E-state index in [0.29, 0.717) is 25.1 Å². The first-order chi connectivity index (χ1) is 10.1. The second-order valence-electron chi connectivity index (χ2n) is 4.68. The Morgan fingerprint density at radius 2 is 2.24 bits per heavy atom. The van der Waals surface area contributed by atoms with Crippen molar-refractivity contribution in [1.82, 2.24) is 20.2 Å². The number of nitrogens with zero attached hydrogens (tertiary/aromatic N) is 1. The summed E-state index contributed by atoms with van der Waals surface area (Å²) >= 11 is 1.61. The Morgan fingerprint density at radius 3 is 2.95 bits per heavy atom. The van der Waals surface area contributed by atoms with Gasteiger partial charge in [0.25, 0.3) is 10.0 Å².